The van der Waals surface area contributed by atoms with E-state index in [9.17, 15) is 9.59 Å². The van der Waals surface area contributed by atoms with Crippen molar-refractivity contribution in [1.29, 1.82) is 0 Å². The molecule has 0 aliphatic carbocycles. The third-order valence-corrected chi connectivity index (χ3v) is 3.72. The van der Waals surface area contributed by atoms with Gasteiger partial charge in [-0.05, 0) is 31.5 Å². The average Bonchev–Trinajstić information content (AvgIpc) is 2.42. The van der Waals surface area contributed by atoms with Crippen molar-refractivity contribution in [3.63, 3.8) is 0 Å². The van der Waals surface area contributed by atoms with Crippen LogP contribution in [0.4, 0.5) is 0 Å². The van der Waals surface area contributed by atoms with Crippen molar-refractivity contribution >= 4 is 32.7 Å². The fraction of sp³-hybridized carbons (Fsp3) is 0.400. The van der Waals surface area contributed by atoms with Gasteiger partial charge in [0.2, 0.25) is 5.91 Å². The van der Waals surface area contributed by atoms with E-state index in [2.05, 4.69) is 33.2 Å². The normalized spacial score (nSPS) is 12.3. The quantitative estimate of drug-likeness (QED) is 0.899. The molecule has 1 amide bonds. The highest BCUT2D eigenvalue weighted by Gasteiger charge is 2.10. The number of nitrogens with one attached hydrogen (secondary N) is 1. The minimum absolute atomic E-state index is 0.0116. The molecule has 1 heterocycles. The second kappa shape index (κ2) is 6.85. The predicted octanol–water partition coefficient (Wildman–Crippen LogP) is 2.46. The van der Waals surface area contributed by atoms with Gasteiger partial charge in [0.25, 0.3) is 5.56 Å². The molecule has 1 aromatic heterocycles. The van der Waals surface area contributed by atoms with Crippen molar-refractivity contribution < 1.29 is 4.79 Å². The van der Waals surface area contributed by atoms with Crippen molar-refractivity contribution in [1.82, 2.24) is 14.9 Å². The Balaban J connectivity index is 2.21. The van der Waals surface area contributed by atoms with E-state index in [-0.39, 0.29) is 24.1 Å². The molecule has 0 radical (unpaired) electrons. The molecule has 0 saturated heterocycles. The summed E-state index contributed by atoms with van der Waals surface area (Å²) in [4.78, 5) is 28.5. The Kier molecular flexibility index (Phi) is 5.12. The molecule has 1 aromatic carbocycles. The van der Waals surface area contributed by atoms with E-state index < -0.39 is 0 Å². The Morgan fingerprint density at radius 3 is 2.95 bits per heavy atom. The van der Waals surface area contributed by atoms with Gasteiger partial charge in [-0.3, -0.25) is 14.2 Å². The molecule has 6 heteroatoms. The fourth-order valence-corrected chi connectivity index (χ4v) is 2.59. The van der Waals surface area contributed by atoms with Crippen LogP contribution in [0.2, 0.25) is 0 Å². The molecule has 5 nitrogen and oxygen atoms in total. The third kappa shape index (κ3) is 3.91. The highest BCUT2D eigenvalue weighted by molar-refractivity contribution is 9.10. The molecule has 2 rings (SSSR count). The summed E-state index contributed by atoms with van der Waals surface area (Å²) in [5.41, 5.74) is 0.416. The van der Waals surface area contributed by atoms with Crippen LogP contribution in [0.1, 0.15) is 26.7 Å². The van der Waals surface area contributed by atoms with Crippen LogP contribution in [0.3, 0.4) is 0 Å². The molecule has 0 unspecified atom stereocenters. The maximum atomic E-state index is 12.3. The second-order valence-electron chi connectivity index (χ2n) is 5.10. The summed E-state index contributed by atoms with van der Waals surface area (Å²) in [6.07, 6.45) is 3.35. The summed E-state index contributed by atoms with van der Waals surface area (Å²) >= 11 is 3.34. The Bertz CT molecular complexity index is 712. The standard InChI is InChI=1S/C15H18BrN3O2/c1-3-4-10(2)18-14(20)8-19-9-17-13-6-5-11(16)7-12(13)15(19)21/h5-7,9-10H,3-4,8H2,1-2H3,(H,18,20)/t10-/m1/s1. The van der Waals surface area contributed by atoms with Crippen molar-refractivity contribution in [3.05, 3.63) is 39.4 Å². The van der Waals surface area contributed by atoms with E-state index in [0.717, 1.165) is 17.3 Å². The van der Waals surface area contributed by atoms with Gasteiger partial charge in [0.15, 0.2) is 0 Å². The van der Waals surface area contributed by atoms with Gasteiger partial charge >= 0.3 is 0 Å². The number of nitrogens with zero attached hydrogens (tertiary/aromatic N) is 2. The first-order valence-electron chi connectivity index (χ1n) is 6.95. The van der Waals surface area contributed by atoms with Crippen LogP contribution >= 0.6 is 15.9 Å². The topological polar surface area (TPSA) is 64.0 Å². The lowest BCUT2D eigenvalue weighted by molar-refractivity contribution is -0.122. The monoisotopic (exact) mass is 351 g/mol. The van der Waals surface area contributed by atoms with Gasteiger partial charge in [0.05, 0.1) is 17.2 Å². The first-order valence-corrected chi connectivity index (χ1v) is 7.74. The number of rotatable bonds is 5. The van der Waals surface area contributed by atoms with Crippen LogP contribution in [-0.2, 0) is 11.3 Å². The molecule has 0 spiro atoms. The number of amides is 1. The van der Waals surface area contributed by atoms with Crippen molar-refractivity contribution in [2.75, 3.05) is 0 Å². The van der Waals surface area contributed by atoms with Crippen LogP contribution in [0, 0.1) is 0 Å². The lowest BCUT2D eigenvalue weighted by atomic mass is 10.2. The zero-order valence-corrected chi connectivity index (χ0v) is 13.7. The smallest absolute Gasteiger partial charge is 0.261 e. The van der Waals surface area contributed by atoms with Crippen LogP contribution in [0.5, 0.6) is 0 Å². The summed E-state index contributed by atoms with van der Waals surface area (Å²) in [6, 6.07) is 5.44. The zero-order chi connectivity index (χ0) is 15.4. The van der Waals surface area contributed by atoms with E-state index in [1.54, 1.807) is 12.1 Å². The Labute approximate surface area is 131 Å². The van der Waals surface area contributed by atoms with E-state index >= 15 is 0 Å². The third-order valence-electron chi connectivity index (χ3n) is 3.23. The van der Waals surface area contributed by atoms with E-state index in [1.807, 2.05) is 13.0 Å². The lowest BCUT2D eigenvalue weighted by Gasteiger charge is -2.13. The molecular weight excluding hydrogens is 334 g/mol. The summed E-state index contributed by atoms with van der Waals surface area (Å²) in [5.74, 6) is -0.172. The maximum Gasteiger partial charge on any atom is 0.261 e. The number of halogens is 1. The minimum Gasteiger partial charge on any atom is -0.352 e. The molecule has 0 fully saturated rings. The Morgan fingerprint density at radius 2 is 2.24 bits per heavy atom. The van der Waals surface area contributed by atoms with Crippen LogP contribution < -0.4 is 10.9 Å². The zero-order valence-electron chi connectivity index (χ0n) is 12.1. The number of aromatic nitrogens is 2. The molecular formula is C15H18BrN3O2. The van der Waals surface area contributed by atoms with E-state index in [1.165, 1.54) is 10.9 Å². The second-order valence-corrected chi connectivity index (χ2v) is 6.01. The van der Waals surface area contributed by atoms with Crippen LogP contribution in [-0.4, -0.2) is 21.5 Å². The highest BCUT2D eigenvalue weighted by Crippen LogP contribution is 2.14. The molecule has 21 heavy (non-hydrogen) atoms. The number of benzene rings is 1. The number of carbonyl (C=O) groups excluding carboxylic acids is 1. The number of fused-ring (bicyclic) bond motifs is 1. The SMILES string of the molecule is CCC[C@@H](C)NC(=O)Cn1cnc2ccc(Br)cc2c1=O. The maximum absolute atomic E-state index is 12.3. The van der Waals surface area contributed by atoms with Crippen molar-refractivity contribution in [2.45, 2.75) is 39.3 Å². The molecule has 1 N–H and O–H groups in total. The molecule has 0 aliphatic heterocycles. The van der Waals surface area contributed by atoms with Gasteiger partial charge in [-0.1, -0.05) is 29.3 Å². The van der Waals surface area contributed by atoms with Crippen molar-refractivity contribution in [3.8, 4) is 0 Å². The number of hydrogen-bond acceptors (Lipinski definition) is 3. The minimum atomic E-state index is -0.209. The van der Waals surface area contributed by atoms with Gasteiger partial charge in [-0.25, -0.2) is 4.98 Å². The summed E-state index contributed by atoms with van der Waals surface area (Å²) in [7, 11) is 0. The molecule has 0 saturated carbocycles. The van der Waals surface area contributed by atoms with Gasteiger partial charge in [0.1, 0.15) is 6.54 Å². The van der Waals surface area contributed by atoms with Gasteiger partial charge in [-0.15, -0.1) is 0 Å². The molecule has 0 aliphatic rings. The highest BCUT2D eigenvalue weighted by atomic mass is 79.9. The van der Waals surface area contributed by atoms with Crippen molar-refractivity contribution in [2.24, 2.45) is 0 Å². The first-order chi connectivity index (χ1) is 10.0. The Morgan fingerprint density at radius 1 is 1.48 bits per heavy atom. The molecule has 112 valence electrons. The number of carbonyl (C=O) groups is 1. The predicted molar refractivity (Wildman–Crippen MR) is 86.2 cm³/mol. The Hall–Kier alpha value is -1.69. The van der Waals surface area contributed by atoms with Crippen LogP contribution in [0.25, 0.3) is 10.9 Å². The molecule has 1 atom stereocenters. The lowest BCUT2D eigenvalue weighted by Crippen LogP contribution is -2.37. The van der Waals surface area contributed by atoms with Gasteiger partial charge in [0, 0.05) is 10.5 Å². The summed E-state index contributed by atoms with van der Waals surface area (Å²) in [6.45, 7) is 4.01. The van der Waals surface area contributed by atoms with E-state index in [0.29, 0.717) is 10.9 Å². The first kappa shape index (κ1) is 15.7. The summed E-state index contributed by atoms with van der Waals surface area (Å²) in [5, 5.41) is 3.38. The van der Waals surface area contributed by atoms with Gasteiger partial charge < -0.3 is 5.32 Å². The average molecular weight is 352 g/mol. The van der Waals surface area contributed by atoms with E-state index in [4.69, 9.17) is 0 Å². The van der Waals surface area contributed by atoms with Gasteiger partial charge in [-0.2, -0.15) is 0 Å². The fourth-order valence-electron chi connectivity index (χ4n) is 2.22. The molecule has 0 bridgehead atoms. The van der Waals surface area contributed by atoms with Crippen LogP contribution in [0.15, 0.2) is 33.8 Å². The number of hydrogen-bond donors (Lipinski definition) is 1. The largest absolute Gasteiger partial charge is 0.352 e. The molecule has 2 aromatic rings. The summed E-state index contributed by atoms with van der Waals surface area (Å²) < 4.78 is 2.15.